The van der Waals surface area contributed by atoms with E-state index in [1.54, 1.807) is 0 Å². The Kier molecular flexibility index (Phi) is 5.81. The van der Waals surface area contributed by atoms with Gasteiger partial charge < -0.3 is 24.6 Å². The summed E-state index contributed by atoms with van der Waals surface area (Å²) in [5, 5.41) is 3.16. The Balaban J connectivity index is 1.36. The second-order valence-corrected chi connectivity index (χ2v) is 7.60. The molecule has 0 aliphatic carbocycles. The van der Waals surface area contributed by atoms with Crippen LogP contribution in [0.5, 0.6) is 0 Å². The number of anilines is 2. The molecule has 28 heavy (non-hydrogen) atoms. The van der Waals surface area contributed by atoms with Gasteiger partial charge in [0.15, 0.2) is 0 Å². The van der Waals surface area contributed by atoms with Gasteiger partial charge in [-0.3, -0.25) is 0 Å². The number of urea groups is 1. The minimum atomic E-state index is 0.00345. The first-order valence-corrected chi connectivity index (χ1v) is 10.3. The molecule has 0 saturated carbocycles. The fraction of sp³-hybridized carbons (Fsp3) is 0.524. The average molecular weight is 383 g/mol. The molecule has 2 aliphatic rings. The molecule has 7 nitrogen and oxygen atoms in total. The number of likely N-dealkylation sites (N-methyl/N-ethyl adjacent to an activating group) is 1. The molecule has 1 aromatic carbocycles. The molecule has 2 aliphatic heterocycles. The number of imidazole rings is 1. The number of nitrogens with one attached hydrogen (secondary N) is 1. The van der Waals surface area contributed by atoms with Gasteiger partial charge in [0.1, 0.15) is 0 Å². The van der Waals surface area contributed by atoms with E-state index in [0.717, 1.165) is 70.0 Å². The lowest BCUT2D eigenvalue weighted by atomic mass is 10.1. The lowest BCUT2D eigenvalue weighted by Gasteiger charge is -2.37. The predicted molar refractivity (Wildman–Crippen MR) is 112 cm³/mol. The van der Waals surface area contributed by atoms with E-state index >= 15 is 0 Å². The summed E-state index contributed by atoms with van der Waals surface area (Å²) in [6, 6.07) is 8.61. The second kappa shape index (κ2) is 8.65. The zero-order valence-electron chi connectivity index (χ0n) is 16.6. The summed E-state index contributed by atoms with van der Waals surface area (Å²) in [6.07, 6.45) is 7.62. The first kappa shape index (κ1) is 18.8. The number of piperazine rings is 1. The van der Waals surface area contributed by atoms with E-state index in [1.807, 2.05) is 41.8 Å². The lowest BCUT2D eigenvalue weighted by molar-refractivity contribution is 0.183. The molecule has 0 atom stereocenters. The number of hydrogen-bond acceptors (Lipinski definition) is 4. The number of para-hydroxylation sites is 2. The van der Waals surface area contributed by atoms with Crippen molar-refractivity contribution in [1.82, 2.24) is 19.4 Å². The van der Waals surface area contributed by atoms with Gasteiger partial charge in [0.2, 0.25) is 0 Å². The zero-order chi connectivity index (χ0) is 19.3. The Morgan fingerprint density at radius 3 is 2.54 bits per heavy atom. The number of rotatable bonds is 4. The Hall–Kier alpha value is -2.54. The SMILES string of the molecule is CCN1CCN(c2ccccc2NC(=O)N2CCC(n3ccnc3)CC2)CC1. The maximum absolute atomic E-state index is 12.9. The number of benzene rings is 1. The molecule has 7 heteroatoms. The average Bonchev–Trinajstić information content (AvgIpc) is 3.29. The Labute approximate surface area is 166 Å². The molecule has 2 fully saturated rings. The molecule has 2 amide bonds. The summed E-state index contributed by atoms with van der Waals surface area (Å²) < 4.78 is 2.15. The molecular weight excluding hydrogens is 352 g/mol. The molecule has 1 N–H and O–H groups in total. The summed E-state index contributed by atoms with van der Waals surface area (Å²) in [6.45, 7) is 8.98. The van der Waals surface area contributed by atoms with Gasteiger partial charge in [0, 0.05) is 57.7 Å². The Morgan fingerprint density at radius 1 is 1.11 bits per heavy atom. The summed E-state index contributed by atoms with van der Waals surface area (Å²) in [4.78, 5) is 23.8. The number of carbonyl (C=O) groups excluding carboxylic acids is 1. The van der Waals surface area contributed by atoms with Crippen molar-refractivity contribution < 1.29 is 4.79 Å². The van der Waals surface area contributed by atoms with Crippen LogP contribution in [0.4, 0.5) is 16.2 Å². The highest BCUT2D eigenvalue weighted by atomic mass is 16.2. The molecule has 0 unspecified atom stereocenters. The van der Waals surface area contributed by atoms with Gasteiger partial charge in [-0.05, 0) is 31.5 Å². The topological polar surface area (TPSA) is 56.6 Å². The summed E-state index contributed by atoms with van der Waals surface area (Å²) in [7, 11) is 0. The molecule has 2 aromatic rings. The van der Waals surface area contributed by atoms with Crippen LogP contribution in [-0.4, -0.2) is 71.2 Å². The van der Waals surface area contributed by atoms with Crippen molar-refractivity contribution in [3.05, 3.63) is 43.0 Å². The van der Waals surface area contributed by atoms with Crippen LogP contribution in [0.3, 0.4) is 0 Å². The summed E-state index contributed by atoms with van der Waals surface area (Å²) >= 11 is 0. The van der Waals surface area contributed by atoms with Gasteiger partial charge in [-0.25, -0.2) is 9.78 Å². The van der Waals surface area contributed by atoms with Gasteiger partial charge in [0.25, 0.3) is 0 Å². The van der Waals surface area contributed by atoms with Gasteiger partial charge in [-0.15, -0.1) is 0 Å². The normalized spacial score (nSPS) is 19.0. The van der Waals surface area contributed by atoms with Crippen molar-refractivity contribution in [1.29, 1.82) is 0 Å². The molecule has 0 bridgehead atoms. The molecule has 0 radical (unpaired) electrons. The van der Waals surface area contributed by atoms with Gasteiger partial charge >= 0.3 is 6.03 Å². The second-order valence-electron chi connectivity index (χ2n) is 7.60. The van der Waals surface area contributed by atoms with Gasteiger partial charge in [-0.1, -0.05) is 19.1 Å². The monoisotopic (exact) mass is 382 g/mol. The smallest absolute Gasteiger partial charge is 0.321 e. The standard InChI is InChI=1S/C21H30N6O/c1-2-24-13-15-25(16-14-24)20-6-4-3-5-19(20)23-21(28)26-10-7-18(8-11-26)27-12-9-22-17-27/h3-6,9,12,17-18H,2,7-8,10-11,13-16H2,1H3,(H,23,28). The van der Waals surface area contributed by atoms with Crippen LogP contribution in [-0.2, 0) is 0 Å². The molecule has 4 rings (SSSR count). The van der Waals surface area contributed by atoms with Gasteiger partial charge in [0.05, 0.1) is 17.7 Å². The molecule has 0 spiro atoms. The van der Waals surface area contributed by atoms with Crippen LogP contribution >= 0.6 is 0 Å². The number of carbonyl (C=O) groups is 1. The maximum Gasteiger partial charge on any atom is 0.321 e. The van der Waals surface area contributed by atoms with E-state index in [0.29, 0.717) is 6.04 Å². The van der Waals surface area contributed by atoms with E-state index in [2.05, 4.69) is 37.7 Å². The lowest BCUT2D eigenvalue weighted by Crippen LogP contribution is -2.46. The quantitative estimate of drug-likeness (QED) is 0.883. The number of hydrogen-bond donors (Lipinski definition) is 1. The van der Waals surface area contributed by atoms with E-state index < -0.39 is 0 Å². The third-order valence-corrected chi connectivity index (χ3v) is 6.00. The molecule has 1 aromatic heterocycles. The number of piperidine rings is 1. The summed E-state index contributed by atoms with van der Waals surface area (Å²) in [5.41, 5.74) is 2.04. The van der Waals surface area contributed by atoms with Crippen molar-refractivity contribution in [2.24, 2.45) is 0 Å². The van der Waals surface area contributed by atoms with E-state index in [4.69, 9.17) is 0 Å². The van der Waals surface area contributed by atoms with Crippen molar-refractivity contribution in [2.45, 2.75) is 25.8 Å². The number of likely N-dealkylation sites (tertiary alicyclic amines) is 1. The predicted octanol–water partition coefficient (Wildman–Crippen LogP) is 2.89. The largest absolute Gasteiger partial charge is 0.367 e. The molecule has 2 saturated heterocycles. The first-order valence-electron chi connectivity index (χ1n) is 10.3. The third kappa shape index (κ3) is 4.14. The summed E-state index contributed by atoms with van der Waals surface area (Å²) in [5.74, 6) is 0. The van der Waals surface area contributed by atoms with Crippen LogP contribution in [0.25, 0.3) is 0 Å². The van der Waals surface area contributed by atoms with Crippen LogP contribution in [0, 0.1) is 0 Å². The highest BCUT2D eigenvalue weighted by Gasteiger charge is 2.25. The van der Waals surface area contributed by atoms with Crippen molar-refractivity contribution >= 4 is 17.4 Å². The number of nitrogens with zero attached hydrogens (tertiary/aromatic N) is 5. The minimum Gasteiger partial charge on any atom is -0.367 e. The third-order valence-electron chi connectivity index (χ3n) is 6.00. The van der Waals surface area contributed by atoms with E-state index in [1.165, 1.54) is 0 Å². The fourth-order valence-electron chi connectivity index (χ4n) is 4.21. The highest BCUT2D eigenvalue weighted by molar-refractivity contribution is 5.93. The maximum atomic E-state index is 12.9. The van der Waals surface area contributed by atoms with Crippen LogP contribution in [0.1, 0.15) is 25.8 Å². The number of aromatic nitrogens is 2. The first-order chi connectivity index (χ1) is 13.7. The molecular formula is C21H30N6O. The zero-order valence-corrected chi connectivity index (χ0v) is 16.6. The van der Waals surface area contributed by atoms with Crippen molar-refractivity contribution in [3.63, 3.8) is 0 Å². The van der Waals surface area contributed by atoms with Crippen molar-refractivity contribution in [3.8, 4) is 0 Å². The van der Waals surface area contributed by atoms with Gasteiger partial charge in [-0.2, -0.15) is 0 Å². The molecule has 150 valence electrons. The van der Waals surface area contributed by atoms with Crippen molar-refractivity contribution in [2.75, 3.05) is 56.0 Å². The minimum absolute atomic E-state index is 0.00345. The van der Waals surface area contributed by atoms with Crippen LogP contribution in [0.15, 0.2) is 43.0 Å². The Bertz CT molecular complexity index is 761. The van der Waals surface area contributed by atoms with E-state index in [-0.39, 0.29) is 6.03 Å². The fourth-order valence-corrected chi connectivity index (χ4v) is 4.21. The van der Waals surface area contributed by atoms with Crippen LogP contribution in [0.2, 0.25) is 0 Å². The Morgan fingerprint density at radius 2 is 1.86 bits per heavy atom. The van der Waals surface area contributed by atoms with E-state index in [9.17, 15) is 4.79 Å². The highest BCUT2D eigenvalue weighted by Crippen LogP contribution is 2.28. The number of amides is 2. The van der Waals surface area contributed by atoms with Crippen LogP contribution < -0.4 is 10.2 Å². The molecule has 3 heterocycles.